The molecule has 4 heteroatoms. The number of hydrogen-bond acceptors (Lipinski definition) is 4. The number of para-hydroxylation sites is 2. The van der Waals surface area contributed by atoms with Crippen LogP contribution in [0.4, 0.5) is 0 Å². The van der Waals surface area contributed by atoms with E-state index in [0.717, 1.165) is 94.1 Å². The molecule has 0 aliphatic heterocycles. The quantitative estimate of drug-likeness (QED) is 0.164. The minimum Gasteiger partial charge on any atom is -0.454 e. The SMILES string of the molecule is c1ccc(-c2nc(-c3ccccc3-c3ccc4c(ccc5ccccc54)c3)cc(-c3ccc(-c4nc5ccccc5c5c4oc4ccccc45)c4ccccc34)n2)cc1. The minimum atomic E-state index is 0.672. The molecule has 3 heterocycles. The Kier molecular flexibility index (Phi) is 7.50. The van der Waals surface area contributed by atoms with Crippen molar-refractivity contribution in [1.29, 1.82) is 0 Å². The van der Waals surface area contributed by atoms with Crippen molar-refractivity contribution in [2.75, 3.05) is 0 Å². The molecule has 0 aliphatic carbocycles. The van der Waals surface area contributed by atoms with E-state index in [-0.39, 0.29) is 0 Å². The number of rotatable bonds is 5. The summed E-state index contributed by atoms with van der Waals surface area (Å²) in [5, 5.41) is 10.3. The third-order valence-electron chi connectivity index (χ3n) is 11.7. The van der Waals surface area contributed by atoms with Crippen LogP contribution in [0.3, 0.4) is 0 Å². The van der Waals surface area contributed by atoms with Crippen molar-refractivity contribution >= 4 is 65.2 Å². The molecule has 3 aromatic heterocycles. The van der Waals surface area contributed by atoms with Gasteiger partial charge in [-0.2, -0.15) is 0 Å². The zero-order chi connectivity index (χ0) is 38.9. The van der Waals surface area contributed by atoms with Gasteiger partial charge in [0.1, 0.15) is 11.3 Å². The predicted octanol–water partition coefficient (Wildman–Crippen LogP) is 14.7. The first-order valence-electron chi connectivity index (χ1n) is 19.9. The van der Waals surface area contributed by atoms with E-state index >= 15 is 0 Å². The van der Waals surface area contributed by atoms with E-state index in [9.17, 15) is 0 Å². The van der Waals surface area contributed by atoms with Crippen LogP contribution in [0.25, 0.3) is 121 Å². The molecule has 12 aromatic rings. The summed E-state index contributed by atoms with van der Waals surface area (Å²) >= 11 is 0. The van der Waals surface area contributed by atoms with Gasteiger partial charge in [-0.15, -0.1) is 0 Å². The van der Waals surface area contributed by atoms with E-state index in [4.69, 9.17) is 19.4 Å². The first-order chi connectivity index (χ1) is 29.2. The van der Waals surface area contributed by atoms with Crippen LogP contribution in [0, 0.1) is 0 Å². The molecule has 59 heavy (non-hydrogen) atoms. The van der Waals surface area contributed by atoms with Crippen molar-refractivity contribution in [3.05, 3.63) is 200 Å². The van der Waals surface area contributed by atoms with Crippen molar-refractivity contribution < 1.29 is 4.42 Å². The van der Waals surface area contributed by atoms with Crippen molar-refractivity contribution in [1.82, 2.24) is 15.0 Å². The molecule has 0 saturated heterocycles. The molecule has 12 rings (SSSR count). The van der Waals surface area contributed by atoms with E-state index < -0.39 is 0 Å². The minimum absolute atomic E-state index is 0.672. The molecule has 9 aromatic carbocycles. The second-order valence-corrected chi connectivity index (χ2v) is 15.1. The Labute approximate surface area is 339 Å². The topological polar surface area (TPSA) is 51.8 Å². The number of benzene rings is 9. The monoisotopic (exact) mass is 751 g/mol. The molecule has 0 bridgehead atoms. The van der Waals surface area contributed by atoms with Crippen molar-refractivity contribution in [2.45, 2.75) is 0 Å². The third-order valence-corrected chi connectivity index (χ3v) is 11.7. The Morgan fingerprint density at radius 2 is 0.949 bits per heavy atom. The van der Waals surface area contributed by atoms with Crippen LogP contribution in [0.15, 0.2) is 205 Å². The summed E-state index contributed by atoms with van der Waals surface area (Å²) in [6.07, 6.45) is 0. The summed E-state index contributed by atoms with van der Waals surface area (Å²) in [5.74, 6) is 0.672. The summed E-state index contributed by atoms with van der Waals surface area (Å²) < 4.78 is 6.65. The highest BCUT2D eigenvalue weighted by Crippen LogP contribution is 2.43. The summed E-state index contributed by atoms with van der Waals surface area (Å²) in [6, 6.07) is 70.3. The normalized spacial score (nSPS) is 11.7. The number of fused-ring (bicyclic) bond motifs is 9. The van der Waals surface area contributed by atoms with Gasteiger partial charge < -0.3 is 4.42 Å². The number of nitrogens with zero attached hydrogens (tertiary/aromatic N) is 3. The van der Waals surface area contributed by atoms with E-state index in [1.165, 1.54) is 21.5 Å². The molecule has 274 valence electrons. The van der Waals surface area contributed by atoms with Crippen LogP contribution in [-0.4, -0.2) is 15.0 Å². The van der Waals surface area contributed by atoms with Crippen LogP contribution in [0.5, 0.6) is 0 Å². The van der Waals surface area contributed by atoms with Gasteiger partial charge in [0.2, 0.25) is 0 Å². The fraction of sp³-hybridized carbons (Fsp3) is 0. The summed E-state index contributed by atoms with van der Waals surface area (Å²) in [6.45, 7) is 0. The molecule has 4 nitrogen and oxygen atoms in total. The zero-order valence-corrected chi connectivity index (χ0v) is 31.8. The van der Waals surface area contributed by atoms with Crippen LogP contribution in [0.2, 0.25) is 0 Å². The van der Waals surface area contributed by atoms with Crippen LogP contribution in [0.1, 0.15) is 0 Å². The van der Waals surface area contributed by atoms with Gasteiger partial charge in [-0.05, 0) is 67.7 Å². The highest BCUT2D eigenvalue weighted by atomic mass is 16.3. The molecule has 0 radical (unpaired) electrons. The summed E-state index contributed by atoms with van der Waals surface area (Å²) in [7, 11) is 0. The maximum absolute atomic E-state index is 6.65. The lowest BCUT2D eigenvalue weighted by Crippen LogP contribution is -1.98. The van der Waals surface area contributed by atoms with Gasteiger partial charge in [0.05, 0.1) is 16.9 Å². The fourth-order valence-corrected chi connectivity index (χ4v) is 8.92. The smallest absolute Gasteiger partial charge is 0.162 e. The maximum Gasteiger partial charge on any atom is 0.162 e. The zero-order valence-electron chi connectivity index (χ0n) is 31.8. The van der Waals surface area contributed by atoms with Crippen LogP contribution in [-0.2, 0) is 0 Å². The molecule has 0 spiro atoms. The number of aromatic nitrogens is 3. The molecule has 0 fully saturated rings. The van der Waals surface area contributed by atoms with Gasteiger partial charge in [0.15, 0.2) is 11.4 Å². The molecule has 0 atom stereocenters. The molecule has 0 saturated carbocycles. The lowest BCUT2D eigenvalue weighted by molar-refractivity contribution is 0.669. The molecule has 0 amide bonds. The summed E-state index contributed by atoms with van der Waals surface area (Å²) in [5.41, 5.74) is 11.4. The van der Waals surface area contributed by atoms with Gasteiger partial charge in [-0.3, -0.25) is 0 Å². The molecular formula is C55H33N3O. The number of hydrogen-bond donors (Lipinski definition) is 0. The summed E-state index contributed by atoms with van der Waals surface area (Å²) in [4.78, 5) is 15.9. The molecule has 0 aliphatic rings. The van der Waals surface area contributed by atoms with Gasteiger partial charge in [0.25, 0.3) is 0 Å². The number of furan rings is 1. The standard InChI is InChI=1S/C55H33N3O/c1-2-15-35(16-3-1)55-57-49(43-21-9-6-18-39(43)37-28-29-40-36(32-37)27-26-34-14-4-5-17-38(34)40)33-50(58-55)44-30-31-45(42-20-8-7-19-41(42)44)53-54-52(46-22-10-12-24-48(46)56-53)47-23-11-13-25-51(47)59-54/h1-33H. The van der Waals surface area contributed by atoms with Crippen LogP contribution >= 0.6 is 0 Å². The van der Waals surface area contributed by atoms with Crippen molar-refractivity contribution in [2.24, 2.45) is 0 Å². The fourth-order valence-electron chi connectivity index (χ4n) is 8.92. The first kappa shape index (κ1) is 33.2. The van der Waals surface area contributed by atoms with Crippen molar-refractivity contribution in [3.63, 3.8) is 0 Å². The molecular weight excluding hydrogens is 719 g/mol. The van der Waals surface area contributed by atoms with E-state index in [2.05, 4.69) is 164 Å². The largest absolute Gasteiger partial charge is 0.454 e. The van der Waals surface area contributed by atoms with Gasteiger partial charge in [-0.25, -0.2) is 15.0 Å². The van der Waals surface area contributed by atoms with E-state index in [1.54, 1.807) is 0 Å². The highest BCUT2D eigenvalue weighted by Gasteiger charge is 2.21. The van der Waals surface area contributed by atoms with Gasteiger partial charge >= 0.3 is 0 Å². The average molecular weight is 752 g/mol. The lowest BCUT2D eigenvalue weighted by atomic mass is 9.92. The predicted molar refractivity (Wildman–Crippen MR) is 244 cm³/mol. The molecule has 0 unspecified atom stereocenters. The van der Waals surface area contributed by atoms with E-state index in [1.807, 2.05) is 36.4 Å². The van der Waals surface area contributed by atoms with Crippen molar-refractivity contribution in [3.8, 4) is 56.3 Å². The Bertz CT molecular complexity index is 3620. The second kappa shape index (κ2) is 13.3. The Balaban J connectivity index is 1.06. The molecule has 0 N–H and O–H groups in total. The lowest BCUT2D eigenvalue weighted by Gasteiger charge is -2.15. The second-order valence-electron chi connectivity index (χ2n) is 15.1. The van der Waals surface area contributed by atoms with E-state index in [0.29, 0.717) is 5.82 Å². The first-order valence-corrected chi connectivity index (χ1v) is 19.9. The Morgan fingerprint density at radius 1 is 0.339 bits per heavy atom. The maximum atomic E-state index is 6.65. The number of pyridine rings is 1. The average Bonchev–Trinajstić information content (AvgIpc) is 3.71. The van der Waals surface area contributed by atoms with Gasteiger partial charge in [0, 0.05) is 38.4 Å². The third kappa shape index (κ3) is 5.42. The van der Waals surface area contributed by atoms with Gasteiger partial charge in [-0.1, -0.05) is 176 Å². The highest BCUT2D eigenvalue weighted by molar-refractivity contribution is 6.22. The Hall–Kier alpha value is -7.95. The Morgan fingerprint density at radius 3 is 1.80 bits per heavy atom. The van der Waals surface area contributed by atoms with Crippen LogP contribution < -0.4 is 0 Å².